The average Bonchev–Trinajstić information content (AvgIpc) is 2.90. The van der Waals surface area contributed by atoms with Crippen LogP contribution in [0.1, 0.15) is 50.1 Å². The van der Waals surface area contributed by atoms with Crippen LogP contribution in [0.15, 0.2) is 67.4 Å². The zero-order valence-electron chi connectivity index (χ0n) is 21.0. The van der Waals surface area contributed by atoms with Crippen LogP contribution >= 0.6 is 43.5 Å². The molecule has 1 aromatic heterocycles. The number of ether oxygens (including phenoxy) is 2. The Hall–Kier alpha value is -2.75. The van der Waals surface area contributed by atoms with Crippen molar-refractivity contribution in [3.63, 3.8) is 0 Å². The minimum atomic E-state index is -0.350. The molecular weight excluding hydrogens is 641 g/mol. The van der Waals surface area contributed by atoms with Crippen molar-refractivity contribution in [2.24, 2.45) is 5.10 Å². The van der Waals surface area contributed by atoms with E-state index >= 15 is 0 Å². The van der Waals surface area contributed by atoms with Crippen LogP contribution in [0, 0.1) is 5.82 Å². The summed E-state index contributed by atoms with van der Waals surface area (Å²) in [5.41, 5.74) is 1.57. The lowest BCUT2D eigenvalue weighted by molar-refractivity contribution is 0.269. The highest BCUT2D eigenvalue weighted by atomic mass is 79.9. The number of nitrogens with zero attached hydrogens (tertiary/aromatic N) is 3. The minimum Gasteiger partial charge on any atom is -0.490 e. The molecule has 0 saturated heterocycles. The van der Waals surface area contributed by atoms with Crippen LogP contribution in [0.25, 0.3) is 10.9 Å². The summed E-state index contributed by atoms with van der Waals surface area (Å²) in [6, 6.07) is 13.3. The number of hydrogen-bond donors (Lipinski definition) is 0. The van der Waals surface area contributed by atoms with Gasteiger partial charge in [-0.3, -0.25) is 4.79 Å². The molecule has 0 saturated carbocycles. The van der Waals surface area contributed by atoms with E-state index in [9.17, 15) is 9.18 Å². The molecule has 0 spiro atoms. The van der Waals surface area contributed by atoms with Gasteiger partial charge in [-0.1, -0.05) is 53.5 Å². The molecular formula is C28H25Br2ClFN3O3. The van der Waals surface area contributed by atoms with Gasteiger partial charge in [-0.15, -0.1) is 0 Å². The number of aromatic nitrogens is 2. The Kier molecular flexibility index (Phi) is 9.23. The first-order valence-electron chi connectivity index (χ1n) is 12.0. The predicted octanol–water partition coefficient (Wildman–Crippen LogP) is 8.09. The average molecular weight is 666 g/mol. The fourth-order valence-electron chi connectivity index (χ4n) is 3.78. The van der Waals surface area contributed by atoms with Gasteiger partial charge in [0.1, 0.15) is 23.3 Å². The molecule has 6 nitrogen and oxygen atoms in total. The van der Waals surface area contributed by atoms with E-state index < -0.39 is 0 Å². The first-order chi connectivity index (χ1) is 18.2. The third-order valence-corrected chi connectivity index (χ3v) is 7.86. The summed E-state index contributed by atoms with van der Waals surface area (Å²) in [5.74, 6) is 0.922. The highest BCUT2D eigenvalue weighted by Crippen LogP contribution is 2.42. The summed E-state index contributed by atoms with van der Waals surface area (Å²) in [7, 11) is 0. The largest absolute Gasteiger partial charge is 0.490 e. The molecule has 198 valence electrons. The molecule has 1 atom stereocenters. The van der Waals surface area contributed by atoms with Gasteiger partial charge in [0.25, 0.3) is 5.56 Å². The normalized spacial score (nSPS) is 12.3. The van der Waals surface area contributed by atoms with E-state index in [-0.39, 0.29) is 28.9 Å². The Balaban J connectivity index is 1.77. The second kappa shape index (κ2) is 12.4. The molecule has 1 heterocycles. The fourth-order valence-corrected chi connectivity index (χ4v) is 4.79. The van der Waals surface area contributed by atoms with E-state index in [1.807, 2.05) is 32.9 Å². The Morgan fingerprint density at radius 3 is 2.66 bits per heavy atom. The summed E-state index contributed by atoms with van der Waals surface area (Å²) in [6.07, 6.45) is 2.32. The van der Waals surface area contributed by atoms with Crippen LogP contribution in [-0.4, -0.2) is 22.5 Å². The van der Waals surface area contributed by atoms with Crippen LogP contribution in [0.2, 0.25) is 5.02 Å². The van der Waals surface area contributed by atoms with E-state index in [1.54, 1.807) is 24.3 Å². The van der Waals surface area contributed by atoms with Crippen molar-refractivity contribution in [3.8, 4) is 11.5 Å². The summed E-state index contributed by atoms with van der Waals surface area (Å²) in [5, 5.41) is 5.26. The Morgan fingerprint density at radius 2 is 1.95 bits per heavy atom. The van der Waals surface area contributed by atoms with Crippen molar-refractivity contribution >= 4 is 60.6 Å². The maximum absolute atomic E-state index is 13.6. The smallest absolute Gasteiger partial charge is 0.282 e. The van der Waals surface area contributed by atoms with Crippen LogP contribution in [0.4, 0.5) is 4.39 Å². The molecule has 0 amide bonds. The first kappa shape index (κ1) is 28.3. The standard InChI is InChI=1S/C28H25Br2ClFN3O3/c1-4-16(3)27-34-22-10-9-19(29)13-21(22)28(36)35(27)33-14-18-12-23(37-5-2)26(25(31)24(18)30)38-15-17-7-6-8-20(32)11-17/h6-14,16H,4-5,15H2,1-3H3/t16-/m1/s1. The molecule has 4 rings (SSSR count). The van der Waals surface area contributed by atoms with Crippen molar-refractivity contribution < 1.29 is 13.9 Å². The van der Waals surface area contributed by atoms with Crippen molar-refractivity contribution in [3.05, 3.63) is 95.6 Å². The predicted molar refractivity (Wildman–Crippen MR) is 156 cm³/mol. The molecule has 0 fully saturated rings. The Morgan fingerprint density at radius 1 is 1.16 bits per heavy atom. The molecule has 0 aliphatic rings. The van der Waals surface area contributed by atoms with Crippen molar-refractivity contribution in [2.75, 3.05) is 6.61 Å². The highest BCUT2D eigenvalue weighted by molar-refractivity contribution is 9.10. The number of halogens is 4. The van der Waals surface area contributed by atoms with Crippen LogP contribution in [-0.2, 0) is 6.61 Å². The number of benzene rings is 3. The van der Waals surface area contributed by atoms with Gasteiger partial charge in [0.15, 0.2) is 11.5 Å². The van der Waals surface area contributed by atoms with Crippen LogP contribution < -0.4 is 15.0 Å². The van der Waals surface area contributed by atoms with Gasteiger partial charge in [-0.05, 0) is 71.2 Å². The van der Waals surface area contributed by atoms with E-state index in [1.165, 1.54) is 23.0 Å². The third-order valence-electron chi connectivity index (χ3n) is 5.93. The summed E-state index contributed by atoms with van der Waals surface area (Å²) in [6.45, 7) is 6.35. The van der Waals surface area contributed by atoms with Gasteiger partial charge in [-0.25, -0.2) is 9.37 Å². The highest BCUT2D eigenvalue weighted by Gasteiger charge is 2.19. The Bertz CT molecular complexity index is 1580. The summed E-state index contributed by atoms with van der Waals surface area (Å²) in [4.78, 5) is 18.2. The van der Waals surface area contributed by atoms with Gasteiger partial charge >= 0.3 is 0 Å². The van der Waals surface area contributed by atoms with Crippen LogP contribution in [0.3, 0.4) is 0 Å². The van der Waals surface area contributed by atoms with E-state index in [0.717, 1.165) is 10.9 Å². The fraction of sp³-hybridized carbons (Fsp3) is 0.250. The van der Waals surface area contributed by atoms with Crippen molar-refractivity contribution in [1.82, 2.24) is 9.66 Å². The molecule has 38 heavy (non-hydrogen) atoms. The quantitative estimate of drug-likeness (QED) is 0.170. The van der Waals surface area contributed by atoms with Gasteiger partial charge in [-0.2, -0.15) is 9.78 Å². The molecule has 0 radical (unpaired) electrons. The first-order valence-corrected chi connectivity index (χ1v) is 14.0. The van der Waals surface area contributed by atoms with Crippen molar-refractivity contribution in [2.45, 2.75) is 39.7 Å². The van der Waals surface area contributed by atoms with Gasteiger partial charge in [0, 0.05) is 20.4 Å². The summed E-state index contributed by atoms with van der Waals surface area (Å²) >= 11 is 13.6. The topological polar surface area (TPSA) is 65.7 Å². The lowest BCUT2D eigenvalue weighted by Crippen LogP contribution is -2.23. The summed E-state index contributed by atoms with van der Waals surface area (Å²) < 4.78 is 27.9. The number of rotatable bonds is 9. The van der Waals surface area contributed by atoms with E-state index in [2.05, 4.69) is 37.0 Å². The second-order valence-corrected chi connectivity index (χ2v) is 10.7. The zero-order valence-corrected chi connectivity index (χ0v) is 24.9. The van der Waals surface area contributed by atoms with Gasteiger partial charge in [0.2, 0.25) is 0 Å². The van der Waals surface area contributed by atoms with Crippen LogP contribution in [0.5, 0.6) is 11.5 Å². The minimum absolute atomic E-state index is 0.00231. The monoisotopic (exact) mass is 663 g/mol. The SMILES string of the molecule is CCOc1cc(C=Nn2c([C@H](C)CC)nc3ccc(Br)cc3c2=O)c(Br)c(Cl)c1OCc1cccc(F)c1. The molecule has 10 heteroatoms. The van der Waals surface area contributed by atoms with Crippen molar-refractivity contribution in [1.29, 1.82) is 0 Å². The number of fused-ring (bicyclic) bond motifs is 1. The lowest BCUT2D eigenvalue weighted by atomic mass is 10.1. The molecule has 0 N–H and O–H groups in total. The molecule has 0 unspecified atom stereocenters. The molecule has 0 aliphatic carbocycles. The number of hydrogen-bond acceptors (Lipinski definition) is 5. The van der Waals surface area contributed by atoms with Gasteiger partial charge < -0.3 is 9.47 Å². The third kappa shape index (κ3) is 6.11. The molecule has 0 aliphatic heterocycles. The van der Waals surface area contributed by atoms with E-state index in [0.29, 0.717) is 50.4 Å². The zero-order chi connectivity index (χ0) is 27.4. The molecule has 3 aromatic carbocycles. The maximum atomic E-state index is 13.6. The van der Waals surface area contributed by atoms with Gasteiger partial charge in [0.05, 0.1) is 23.7 Å². The van der Waals surface area contributed by atoms with E-state index in [4.69, 9.17) is 26.1 Å². The maximum Gasteiger partial charge on any atom is 0.282 e. The lowest BCUT2D eigenvalue weighted by Gasteiger charge is -2.17. The molecule has 0 bridgehead atoms. The molecule has 4 aromatic rings. The second-order valence-electron chi connectivity index (χ2n) is 8.57. The Labute approximate surface area is 241 Å².